The smallest absolute Gasteiger partial charge is 0.422 e. The summed E-state index contributed by atoms with van der Waals surface area (Å²) >= 11 is 0. The van der Waals surface area contributed by atoms with Crippen LogP contribution in [0.4, 0.5) is 32.0 Å². The van der Waals surface area contributed by atoms with Gasteiger partial charge in [-0.2, -0.15) is 13.2 Å². The molecule has 4 rings (SSSR count). The molecule has 0 aliphatic heterocycles. The Balaban J connectivity index is 1.15. The van der Waals surface area contributed by atoms with Gasteiger partial charge in [0.1, 0.15) is 12.3 Å². The number of nitrogens with zero attached hydrogens (tertiary/aromatic N) is 3. The van der Waals surface area contributed by atoms with Crippen LogP contribution in [-0.2, 0) is 27.1 Å². The van der Waals surface area contributed by atoms with Crippen LogP contribution in [0.3, 0.4) is 0 Å². The third kappa shape index (κ3) is 7.38. The number of carbonyl (C=O) groups excluding carboxylic acids is 1. The number of halogens is 6. The Labute approximate surface area is 201 Å². The van der Waals surface area contributed by atoms with E-state index < -0.39 is 24.3 Å². The second-order valence-corrected chi connectivity index (χ2v) is 9.02. The molecule has 1 amide bonds. The molecule has 0 unspecified atom stereocenters. The summed E-state index contributed by atoms with van der Waals surface area (Å²) in [6.07, 6.45) is -6.01. The van der Waals surface area contributed by atoms with Gasteiger partial charge in [-0.25, -0.2) is 4.98 Å². The second kappa shape index (κ2) is 10.7. The van der Waals surface area contributed by atoms with E-state index in [0.717, 1.165) is 37.9 Å². The first-order valence-corrected chi connectivity index (χ1v) is 11.5. The normalized spacial score (nSPS) is 24.8. The Kier molecular flexibility index (Phi) is 7.83. The predicted octanol–water partition coefficient (Wildman–Crippen LogP) is 5.37. The number of nitrogens with one attached hydrogen (secondary N) is 1. The summed E-state index contributed by atoms with van der Waals surface area (Å²) < 4.78 is 89.3. The lowest BCUT2D eigenvalue weighted by Crippen LogP contribution is -2.40. The number of aromatic nitrogens is 3. The monoisotopic (exact) mass is 522 g/mol. The number of amides is 1. The molecule has 198 valence electrons. The lowest BCUT2D eigenvalue weighted by Gasteiger charge is -2.34. The number of hydrogen-bond acceptors (Lipinski definition) is 7. The molecule has 2 aromatic heterocycles. The minimum Gasteiger partial charge on any atom is -0.422 e. The molecule has 2 saturated carbocycles. The maximum Gasteiger partial charge on any atom is 0.522 e. The Morgan fingerprint density at radius 3 is 2.36 bits per heavy atom. The first-order chi connectivity index (χ1) is 16.9. The predicted molar refractivity (Wildman–Crippen MR) is 110 cm³/mol. The molecule has 36 heavy (non-hydrogen) atoms. The molecule has 0 atom stereocenters. The molecule has 2 heterocycles. The van der Waals surface area contributed by atoms with Crippen molar-refractivity contribution in [2.24, 2.45) is 5.92 Å². The summed E-state index contributed by atoms with van der Waals surface area (Å²) in [5.74, 6) is 0.546. The molecule has 2 fully saturated rings. The Morgan fingerprint density at radius 1 is 1.03 bits per heavy atom. The van der Waals surface area contributed by atoms with Gasteiger partial charge in [0.15, 0.2) is 0 Å². The van der Waals surface area contributed by atoms with Crippen molar-refractivity contribution < 1.29 is 45.0 Å². The minimum atomic E-state index is -4.65. The summed E-state index contributed by atoms with van der Waals surface area (Å²) in [5.41, 5.74) is -0.825. The third-order valence-electron chi connectivity index (χ3n) is 6.28. The third-order valence-corrected chi connectivity index (χ3v) is 6.28. The van der Waals surface area contributed by atoms with Gasteiger partial charge in [-0.05, 0) is 43.7 Å². The van der Waals surface area contributed by atoms with Crippen LogP contribution in [0.2, 0.25) is 0 Å². The lowest BCUT2D eigenvalue weighted by molar-refractivity contribution is -0.357. The van der Waals surface area contributed by atoms with Crippen LogP contribution in [0, 0.1) is 5.92 Å². The number of alkyl halides is 6. The van der Waals surface area contributed by atoms with E-state index in [1.807, 2.05) is 0 Å². The number of pyridine rings is 1. The molecule has 0 radical (unpaired) electrons. The van der Waals surface area contributed by atoms with Gasteiger partial charge < -0.3 is 14.5 Å². The highest BCUT2D eigenvalue weighted by atomic mass is 19.4. The van der Waals surface area contributed by atoms with E-state index in [4.69, 9.17) is 9.15 Å². The van der Waals surface area contributed by atoms with Gasteiger partial charge in [-0.15, -0.1) is 23.4 Å². The number of anilines is 1. The van der Waals surface area contributed by atoms with Crippen molar-refractivity contribution in [3.05, 3.63) is 35.8 Å². The van der Waals surface area contributed by atoms with Gasteiger partial charge in [0.25, 0.3) is 0 Å². The van der Waals surface area contributed by atoms with Crippen molar-refractivity contribution in [3.63, 3.8) is 0 Å². The average Bonchev–Trinajstić information content (AvgIpc) is 3.23. The number of hydrogen-bond donors (Lipinski definition) is 1. The highest BCUT2D eigenvalue weighted by molar-refractivity contribution is 5.90. The quantitative estimate of drug-likeness (QED) is 0.466. The molecule has 0 spiro atoms. The Morgan fingerprint density at radius 2 is 1.75 bits per heavy atom. The van der Waals surface area contributed by atoms with Crippen LogP contribution in [0.25, 0.3) is 0 Å². The fraction of sp³-hybridized carbons (Fsp3) is 0.636. The Hall–Kier alpha value is -2.74. The first kappa shape index (κ1) is 26.3. The number of ether oxygens (including phenoxy) is 2. The number of rotatable bonds is 8. The Bertz CT molecular complexity index is 1010. The van der Waals surface area contributed by atoms with Gasteiger partial charge >= 0.3 is 12.5 Å². The van der Waals surface area contributed by atoms with E-state index in [0.29, 0.717) is 5.89 Å². The minimum absolute atomic E-state index is 0.00469. The fourth-order valence-electron chi connectivity index (χ4n) is 4.34. The van der Waals surface area contributed by atoms with Gasteiger partial charge in [-0.3, -0.25) is 9.53 Å². The van der Waals surface area contributed by atoms with Gasteiger partial charge in [0.2, 0.25) is 17.7 Å². The van der Waals surface area contributed by atoms with Crippen molar-refractivity contribution in [1.29, 1.82) is 0 Å². The molecule has 0 bridgehead atoms. The molecule has 2 aliphatic rings. The van der Waals surface area contributed by atoms with Crippen molar-refractivity contribution in [3.8, 4) is 0 Å². The van der Waals surface area contributed by atoms with E-state index in [1.165, 1.54) is 6.07 Å². The molecular weight excluding hydrogens is 498 g/mol. The highest BCUT2D eigenvalue weighted by Crippen LogP contribution is 2.37. The highest BCUT2D eigenvalue weighted by Gasteiger charge is 2.40. The zero-order valence-electron chi connectivity index (χ0n) is 18.9. The van der Waals surface area contributed by atoms with E-state index in [9.17, 15) is 31.1 Å². The summed E-state index contributed by atoms with van der Waals surface area (Å²) in [4.78, 5) is 15.6. The summed E-state index contributed by atoms with van der Waals surface area (Å²) in [5, 5.41) is 10.6. The summed E-state index contributed by atoms with van der Waals surface area (Å²) in [6, 6.07) is 1.98. The SMILES string of the molecule is O=C(CC1CCC(c2nnc(COC3CC(OC(F)(F)F)C3)o2)CC1)Nc1ccc(C(F)(F)F)nc1. The van der Waals surface area contributed by atoms with Gasteiger partial charge in [-0.1, -0.05) is 0 Å². The van der Waals surface area contributed by atoms with Crippen molar-refractivity contribution in [1.82, 2.24) is 15.2 Å². The van der Waals surface area contributed by atoms with E-state index in [1.54, 1.807) is 0 Å². The second-order valence-electron chi connectivity index (χ2n) is 9.02. The van der Waals surface area contributed by atoms with Crippen LogP contribution in [0.5, 0.6) is 0 Å². The zero-order valence-corrected chi connectivity index (χ0v) is 18.9. The average molecular weight is 522 g/mol. The molecule has 0 saturated heterocycles. The van der Waals surface area contributed by atoms with E-state index >= 15 is 0 Å². The van der Waals surface area contributed by atoms with Gasteiger partial charge in [0.05, 0.1) is 24.1 Å². The molecule has 2 aliphatic carbocycles. The maximum atomic E-state index is 12.6. The van der Waals surface area contributed by atoms with Crippen LogP contribution in [0.15, 0.2) is 22.7 Å². The van der Waals surface area contributed by atoms with E-state index in [-0.39, 0.29) is 61.3 Å². The molecular formula is C22H24F6N4O4. The lowest BCUT2D eigenvalue weighted by atomic mass is 9.80. The van der Waals surface area contributed by atoms with Crippen LogP contribution in [-0.4, -0.2) is 39.7 Å². The number of carbonyl (C=O) groups is 1. The summed E-state index contributed by atoms with van der Waals surface area (Å²) in [7, 11) is 0. The molecule has 1 N–H and O–H groups in total. The maximum absolute atomic E-state index is 12.6. The molecule has 8 nitrogen and oxygen atoms in total. The van der Waals surface area contributed by atoms with E-state index in [2.05, 4.69) is 25.2 Å². The summed E-state index contributed by atoms with van der Waals surface area (Å²) in [6.45, 7) is 0.00469. The van der Waals surface area contributed by atoms with Crippen LogP contribution in [0.1, 0.15) is 68.3 Å². The standard InChI is InChI=1S/C22H24F6N4O4/c23-21(24,25)17-6-5-14(10-29-17)30-18(33)7-12-1-3-13(4-2-12)20-32-31-19(35-20)11-34-15-8-16(9-15)36-22(26,27)28/h5-6,10,12-13,15-16H,1-4,7-9,11H2,(H,30,33). The van der Waals surface area contributed by atoms with Gasteiger partial charge in [0, 0.05) is 25.2 Å². The fourth-order valence-corrected chi connectivity index (χ4v) is 4.34. The largest absolute Gasteiger partial charge is 0.522 e. The zero-order chi connectivity index (χ0) is 25.9. The van der Waals surface area contributed by atoms with Crippen molar-refractivity contribution >= 4 is 11.6 Å². The van der Waals surface area contributed by atoms with Crippen LogP contribution >= 0.6 is 0 Å². The molecule has 0 aromatic carbocycles. The topological polar surface area (TPSA) is 99.4 Å². The van der Waals surface area contributed by atoms with Crippen molar-refractivity contribution in [2.75, 3.05) is 5.32 Å². The van der Waals surface area contributed by atoms with Crippen LogP contribution < -0.4 is 5.32 Å². The van der Waals surface area contributed by atoms with Crippen molar-refractivity contribution in [2.45, 2.75) is 82.2 Å². The molecule has 2 aromatic rings. The first-order valence-electron chi connectivity index (χ1n) is 11.5. The molecule has 14 heteroatoms.